The molecule has 2 aliphatic rings. The van der Waals surface area contributed by atoms with E-state index in [2.05, 4.69) is 11.5 Å². The quantitative estimate of drug-likeness (QED) is 0.591. The largest absolute Gasteiger partial charge is 0.472 e. The molecular formula is C16H23NO3. The van der Waals surface area contributed by atoms with Gasteiger partial charge >= 0.3 is 0 Å². The molecule has 4 nitrogen and oxygen atoms in total. The Labute approximate surface area is 120 Å². The highest BCUT2D eigenvalue weighted by molar-refractivity contribution is 5.07. The molecular weight excluding hydrogens is 254 g/mol. The molecule has 1 saturated carbocycles. The van der Waals surface area contributed by atoms with Crippen LogP contribution in [0.2, 0.25) is 0 Å². The first kappa shape index (κ1) is 13.9. The van der Waals surface area contributed by atoms with Crippen LogP contribution < -0.4 is 0 Å². The van der Waals surface area contributed by atoms with E-state index in [1.165, 1.54) is 18.4 Å². The second-order valence-corrected chi connectivity index (χ2v) is 5.67. The van der Waals surface area contributed by atoms with E-state index in [1.807, 2.05) is 12.3 Å². The molecule has 0 bridgehead atoms. The van der Waals surface area contributed by atoms with Crippen LogP contribution in [-0.4, -0.2) is 43.4 Å². The summed E-state index contributed by atoms with van der Waals surface area (Å²) >= 11 is 0. The zero-order valence-electron chi connectivity index (χ0n) is 11.9. The molecule has 0 unspecified atom stereocenters. The highest BCUT2D eigenvalue weighted by atomic mass is 16.5. The Morgan fingerprint density at radius 2 is 2.40 bits per heavy atom. The number of hydrogen-bond donors (Lipinski definition) is 0. The third-order valence-electron chi connectivity index (χ3n) is 4.37. The zero-order chi connectivity index (χ0) is 13.8. The lowest BCUT2D eigenvalue weighted by atomic mass is 10.0. The van der Waals surface area contributed by atoms with E-state index in [-0.39, 0.29) is 0 Å². The Morgan fingerprint density at radius 1 is 1.45 bits per heavy atom. The Balaban J connectivity index is 1.58. The summed E-state index contributed by atoms with van der Waals surface area (Å²) in [5.41, 5.74) is 1.25. The monoisotopic (exact) mass is 277 g/mol. The molecule has 1 aliphatic heterocycles. The minimum Gasteiger partial charge on any atom is -0.472 e. The summed E-state index contributed by atoms with van der Waals surface area (Å²) in [7, 11) is 0. The van der Waals surface area contributed by atoms with Gasteiger partial charge in [0.25, 0.3) is 0 Å². The molecule has 20 heavy (non-hydrogen) atoms. The molecule has 1 aromatic rings. The van der Waals surface area contributed by atoms with Crippen LogP contribution in [0.1, 0.15) is 18.4 Å². The Hall–Kier alpha value is -1.10. The lowest BCUT2D eigenvalue weighted by Crippen LogP contribution is -2.50. The van der Waals surface area contributed by atoms with Gasteiger partial charge in [0.15, 0.2) is 0 Å². The lowest BCUT2D eigenvalue weighted by molar-refractivity contribution is -0.0869. The van der Waals surface area contributed by atoms with Crippen LogP contribution in [0.25, 0.3) is 0 Å². The summed E-state index contributed by atoms with van der Waals surface area (Å²) in [5.74, 6) is 0.520. The zero-order valence-corrected chi connectivity index (χ0v) is 11.9. The minimum absolute atomic E-state index is 0.320. The highest BCUT2D eigenvalue weighted by Crippen LogP contribution is 2.35. The van der Waals surface area contributed by atoms with Crippen molar-refractivity contribution < 1.29 is 13.9 Å². The molecule has 3 rings (SSSR count). The molecule has 0 N–H and O–H groups in total. The predicted octanol–water partition coefficient (Wildman–Crippen LogP) is 2.46. The van der Waals surface area contributed by atoms with Crippen molar-refractivity contribution in [2.24, 2.45) is 5.92 Å². The SMILES string of the molecule is C=CCOC[C@@H]1CC[C@H]2[C@@H]1OCCN2Cc1ccoc1. The Bertz CT molecular complexity index is 417. The molecule has 2 fully saturated rings. The normalized spacial score (nSPS) is 30.3. The average Bonchev–Trinajstić information content (AvgIpc) is 3.10. The topological polar surface area (TPSA) is 34.8 Å². The summed E-state index contributed by atoms with van der Waals surface area (Å²) in [5, 5.41) is 0. The van der Waals surface area contributed by atoms with E-state index in [0.29, 0.717) is 24.7 Å². The van der Waals surface area contributed by atoms with E-state index in [0.717, 1.165) is 26.3 Å². The van der Waals surface area contributed by atoms with Gasteiger partial charge in [-0.25, -0.2) is 0 Å². The summed E-state index contributed by atoms with van der Waals surface area (Å²) in [4.78, 5) is 2.53. The third kappa shape index (κ3) is 2.97. The Morgan fingerprint density at radius 3 is 3.20 bits per heavy atom. The van der Waals surface area contributed by atoms with Crippen molar-refractivity contribution in [2.45, 2.75) is 31.5 Å². The number of fused-ring (bicyclic) bond motifs is 1. The molecule has 110 valence electrons. The fourth-order valence-corrected chi connectivity index (χ4v) is 3.43. The first-order valence-corrected chi connectivity index (χ1v) is 7.44. The number of ether oxygens (including phenoxy) is 2. The first-order chi connectivity index (χ1) is 9.88. The van der Waals surface area contributed by atoms with Gasteiger partial charge in [-0.3, -0.25) is 4.90 Å². The van der Waals surface area contributed by atoms with Crippen molar-refractivity contribution in [2.75, 3.05) is 26.4 Å². The molecule has 3 atom stereocenters. The maximum absolute atomic E-state index is 6.02. The van der Waals surface area contributed by atoms with Crippen LogP contribution in [0.15, 0.2) is 35.7 Å². The van der Waals surface area contributed by atoms with Crippen LogP contribution in [0.4, 0.5) is 0 Å². The van der Waals surface area contributed by atoms with Crippen molar-refractivity contribution in [1.82, 2.24) is 4.90 Å². The molecule has 1 saturated heterocycles. The van der Waals surface area contributed by atoms with Crippen molar-refractivity contribution in [3.63, 3.8) is 0 Å². The van der Waals surface area contributed by atoms with Crippen LogP contribution in [0, 0.1) is 5.92 Å². The van der Waals surface area contributed by atoms with Gasteiger partial charge in [-0.2, -0.15) is 0 Å². The summed E-state index contributed by atoms with van der Waals surface area (Å²) < 4.78 is 16.8. The molecule has 4 heteroatoms. The number of nitrogens with zero attached hydrogens (tertiary/aromatic N) is 1. The Kier molecular flexibility index (Phi) is 4.55. The lowest BCUT2D eigenvalue weighted by Gasteiger charge is -2.39. The maximum atomic E-state index is 6.02. The summed E-state index contributed by atoms with van der Waals surface area (Å²) in [6.07, 6.45) is 8.09. The van der Waals surface area contributed by atoms with Gasteiger partial charge in [0.05, 0.1) is 38.5 Å². The van der Waals surface area contributed by atoms with E-state index in [4.69, 9.17) is 13.9 Å². The molecule has 1 aromatic heterocycles. The molecule has 2 heterocycles. The van der Waals surface area contributed by atoms with Gasteiger partial charge in [-0.15, -0.1) is 6.58 Å². The summed E-state index contributed by atoms with van der Waals surface area (Å²) in [6, 6.07) is 2.57. The first-order valence-electron chi connectivity index (χ1n) is 7.44. The van der Waals surface area contributed by atoms with E-state index in [1.54, 1.807) is 12.3 Å². The number of rotatable bonds is 6. The standard InChI is InChI=1S/C16H23NO3/c1-2-7-18-12-14-3-4-15-16(14)20-9-6-17(15)10-13-5-8-19-11-13/h2,5,8,11,14-16H,1,3-4,6-7,9-10,12H2/t14-,15-,16+/m0/s1. The maximum Gasteiger partial charge on any atom is 0.0947 e. The second-order valence-electron chi connectivity index (χ2n) is 5.67. The average molecular weight is 277 g/mol. The van der Waals surface area contributed by atoms with E-state index < -0.39 is 0 Å². The molecule has 0 aromatic carbocycles. The van der Waals surface area contributed by atoms with Crippen LogP contribution in [-0.2, 0) is 16.0 Å². The van der Waals surface area contributed by atoms with Crippen molar-refractivity contribution in [1.29, 1.82) is 0 Å². The van der Waals surface area contributed by atoms with Gasteiger partial charge in [0, 0.05) is 30.6 Å². The fourth-order valence-electron chi connectivity index (χ4n) is 3.43. The van der Waals surface area contributed by atoms with Crippen LogP contribution >= 0.6 is 0 Å². The smallest absolute Gasteiger partial charge is 0.0947 e. The van der Waals surface area contributed by atoms with E-state index >= 15 is 0 Å². The molecule has 1 aliphatic carbocycles. The number of furan rings is 1. The molecule has 0 radical (unpaired) electrons. The van der Waals surface area contributed by atoms with Crippen LogP contribution in [0.5, 0.6) is 0 Å². The number of morpholine rings is 1. The third-order valence-corrected chi connectivity index (χ3v) is 4.37. The number of hydrogen-bond acceptors (Lipinski definition) is 4. The van der Waals surface area contributed by atoms with Gasteiger partial charge in [0.1, 0.15) is 0 Å². The second kappa shape index (κ2) is 6.57. The minimum atomic E-state index is 0.320. The van der Waals surface area contributed by atoms with Gasteiger partial charge < -0.3 is 13.9 Å². The fraction of sp³-hybridized carbons (Fsp3) is 0.625. The predicted molar refractivity (Wildman–Crippen MR) is 76.4 cm³/mol. The van der Waals surface area contributed by atoms with Crippen molar-refractivity contribution in [3.8, 4) is 0 Å². The van der Waals surface area contributed by atoms with Crippen molar-refractivity contribution >= 4 is 0 Å². The van der Waals surface area contributed by atoms with Gasteiger partial charge in [-0.05, 0) is 18.9 Å². The molecule has 0 spiro atoms. The van der Waals surface area contributed by atoms with E-state index in [9.17, 15) is 0 Å². The summed E-state index contributed by atoms with van der Waals surface area (Å²) in [6.45, 7) is 7.89. The molecule has 0 amide bonds. The van der Waals surface area contributed by atoms with Crippen molar-refractivity contribution in [3.05, 3.63) is 36.8 Å². The van der Waals surface area contributed by atoms with Gasteiger partial charge in [0.2, 0.25) is 0 Å². The highest BCUT2D eigenvalue weighted by Gasteiger charge is 2.42. The van der Waals surface area contributed by atoms with Gasteiger partial charge in [-0.1, -0.05) is 6.08 Å². The van der Waals surface area contributed by atoms with Crippen LogP contribution in [0.3, 0.4) is 0 Å².